The minimum Gasteiger partial charge on any atom is -1.00 e. The Balaban J connectivity index is 0.00000120. The van der Waals surface area contributed by atoms with Crippen LogP contribution in [0.15, 0.2) is 36.5 Å². The van der Waals surface area contributed by atoms with Crippen molar-refractivity contribution in [3.05, 3.63) is 42.1 Å². The summed E-state index contributed by atoms with van der Waals surface area (Å²) in [6.07, 6.45) is 5.73. The van der Waals surface area contributed by atoms with Gasteiger partial charge in [0.1, 0.15) is 0 Å². The molecule has 96 valence electrons. The van der Waals surface area contributed by atoms with E-state index < -0.39 is 0 Å². The summed E-state index contributed by atoms with van der Waals surface area (Å²) in [7, 11) is 4.59. The van der Waals surface area contributed by atoms with Gasteiger partial charge < -0.3 is 33.4 Å². The number of nitrogens with one attached hydrogen (secondary N) is 1. The smallest absolute Gasteiger partial charge is 0.0975 e. The number of quaternary nitrogens is 1. The highest BCUT2D eigenvalue weighted by Gasteiger charge is 2.21. The van der Waals surface area contributed by atoms with Crippen LogP contribution < -0.4 is 24.0 Å². The van der Waals surface area contributed by atoms with E-state index in [0.717, 1.165) is 11.0 Å². The second kappa shape index (κ2) is 5.05. The number of nitrogens with zero attached hydrogens (tertiary/aromatic N) is 1. The van der Waals surface area contributed by atoms with Crippen LogP contribution in [0.3, 0.4) is 0 Å². The molecule has 1 aromatic heterocycles. The van der Waals surface area contributed by atoms with E-state index in [0.29, 0.717) is 0 Å². The number of benzene rings is 1. The maximum absolute atomic E-state index is 3.36. The topological polar surface area (TPSA) is 15.8 Å². The van der Waals surface area contributed by atoms with Gasteiger partial charge in [0.05, 0.1) is 27.2 Å². The molecule has 2 aromatic rings. The van der Waals surface area contributed by atoms with Crippen LogP contribution in [0.5, 0.6) is 0 Å². The first kappa shape index (κ1) is 13.6. The Kier molecular flexibility index (Phi) is 3.82. The Hall–Kier alpha value is -0.810. The Labute approximate surface area is 125 Å². The molecule has 0 unspecified atom stereocenters. The van der Waals surface area contributed by atoms with Crippen LogP contribution in [-0.4, -0.2) is 36.7 Å². The van der Waals surface area contributed by atoms with E-state index in [9.17, 15) is 0 Å². The summed E-state index contributed by atoms with van der Waals surface area (Å²) in [6.45, 7) is 2.36. The molecule has 1 aliphatic rings. The quantitative estimate of drug-likeness (QED) is 0.550. The number of hydrogen-bond acceptors (Lipinski definition) is 0. The van der Waals surface area contributed by atoms with E-state index >= 15 is 0 Å². The van der Waals surface area contributed by atoms with Crippen molar-refractivity contribution < 1.29 is 28.5 Å². The SMILES string of the molecule is C[N+]1(C)CC=C(c2c[nH]c3ccccc23)CC1.[I-]. The van der Waals surface area contributed by atoms with Crippen molar-refractivity contribution in [3.8, 4) is 0 Å². The monoisotopic (exact) mass is 354 g/mol. The second-order valence-corrected chi connectivity index (χ2v) is 5.57. The van der Waals surface area contributed by atoms with Crippen LogP contribution in [0.2, 0.25) is 0 Å². The zero-order valence-corrected chi connectivity index (χ0v) is 13.1. The van der Waals surface area contributed by atoms with E-state index in [1.54, 1.807) is 0 Å². The van der Waals surface area contributed by atoms with E-state index in [4.69, 9.17) is 0 Å². The third kappa shape index (κ3) is 2.47. The molecule has 0 radical (unpaired) electrons. The lowest BCUT2D eigenvalue weighted by molar-refractivity contribution is -0.885. The maximum Gasteiger partial charge on any atom is 0.0975 e. The fraction of sp³-hybridized carbons (Fsp3) is 0.333. The number of para-hydroxylation sites is 1. The average molecular weight is 354 g/mol. The Morgan fingerprint density at radius 3 is 2.67 bits per heavy atom. The van der Waals surface area contributed by atoms with Crippen LogP contribution >= 0.6 is 0 Å². The van der Waals surface area contributed by atoms with Gasteiger partial charge in [-0.25, -0.2) is 0 Å². The lowest BCUT2D eigenvalue weighted by Gasteiger charge is -2.32. The third-order valence-electron chi connectivity index (χ3n) is 3.75. The molecule has 18 heavy (non-hydrogen) atoms. The van der Waals surface area contributed by atoms with Crippen molar-refractivity contribution in [1.82, 2.24) is 4.98 Å². The predicted octanol–water partition coefficient (Wildman–Crippen LogP) is 0.0354. The van der Waals surface area contributed by atoms with Gasteiger partial charge in [-0.05, 0) is 17.7 Å². The van der Waals surface area contributed by atoms with Crippen molar-refractivity contribution in [2.45, 2.75) is 6.42 Å². The molecule has 1 aromatic carbocycles. The summed E-state index contributed by atoms with van der Waals surface area (Å²) in [6, 6.07) is 8.54. The molecule has 0 aliphatic carbocycles. The van der Waals surface area contributed by atoms with Crippen LogP contribution in [0.25, 0.3) is 16.5 Å². The van der Waals surface area contributed by atoms with Crippen molar-refractivity contribution in [2.24, 2.45) is 0 Å². The molecule has 0 atom stereocenters. The number of H-pyrrole nitrogens is 1. The Bertz CT molecular complexity index is 581. The number of rotatable bonds is 1. The molecule has 1 aliphatic heterocycles. The van der Waals surface area contributed by atoms with Gasteiger partial charge in [-0.2, -0.15) is 0 Å². The molecule has 3 rings (SSSR count). The van der Waals surface area contributed by atoms with Crippen LogP contribution in [0.4, 0.5) is 0 Å². The van der Waals surface area contributed by atoms with Crippen LogP contribution in [0, 0.1) is 0 Å². The molecule has 0 spiro atoms. The second-order valence-electron chi connectivity index (χ2n) is 5.57. The standard InChI is InChI=1S/C15H19N2.HI/c1-17(2)9-7-12(8-10-17)14-11-16-15-6-4-3-5-13(14)15;/h3-7,11,16H,8-10H2,1-2H3;1H/q+1;/p-1. The summed E-state index contributed by atoms with van der Waals surface area (Å²) in [5.74, 6) is 0. The van der Waals surface area contributed by atoms with Crippen molar-refractivity contribution >= 4 is 16.5 Å². The largest absolute Gasteiger partial charge is 1.00 e. The molecule has 1 N–H and O–H groups in total. The normalized spacial score (nSPS) is 18.2. The van der Waals surface area contributed by atoms with Gasteiger partial charge in [0.2, 0.25) is 0 Å². The molecule has 2 nitrogen and oxygen atoms in total. The summed E-state index contributed by atoms with van der Waals surface area (Å²) < 4.78 is 1.10. The van der Waals surface area contributed by atoms with Gasteiger partial charge in [0.15, 0.2) is 0 Å². The molecule has 3 heteroatoms. The van der Waals surface area contributed by atoms with Gasteiger partial charge in [0.25, 0.3) is 0 Å². The number of aromatic nitrogens is 1. The number of halogens is 1. The lowest BCUT2D eigenvalue weighted by atomic mass is 9.98. The molecular weight excluding hydrogens is 335 g/mol. The lowest BCUT2D eigenvalue weighted by Crippen LogP contribution is -3.00. The van der Waals surface area contributed by atoms with Crippen molar-refractivity contribution in [2.75, 3.05) is 27.2 Å². The number of likely N-dealkylation sites (N-methyl/N-ethyl adjacent to an activating group) is 1. The molecular formula is C15H19IN2. The third-order valence-corrected chi connectivity index (χ3v) is 3.75. The van der Waals surface area contributed by atoms with Crippen molar-refractivity contribution in [3.63, 3.8) is 0 Å². The Morgan fingerprint density at radius 2 is 1.94 bits per heavy atom. The van der Waals surface area contributed by atoms with Crippen LogP contribution in [0.1, 0.15) is 12.0 Å². The van der Waals surface area contributed by atoms with Gasteiger partial charge in [0, 0.05) is 29.1 Å². The van der Waals surface area contributed by atoms with Crippen LogP contribution in [-0.2, 0) is 0 Å². The zero-order chi connectivity index (χ0) is 11.9. The summed E-state index contributed by atoms with van der Waals surface area (Å²) in [4.78, 5) is 3.36. The maximum atomic E-state index is 3.36. The molecule has 0 fully saturated rings. The predicted molar refractivity (Wildman–Crippen MR) is 72.7 cm³/mol. The zero-order valence-electron chi connectivity index (χ0n) is 10.9. The first-order valence-corrected chi connectivity index (χ1v) is 6.23. The molecule has 0 amide bonds. The summed E-state index contributed by atoms with van der Waals surface area (Å²) >= 11 is 0. The first-order chi connectivity index (χ1) is 8.16. The first-order valence-electron chi connectivity index (χ1n) is 6.23. The molecule has 2 heterocycles. The Morgan fingerprint density at radius 1 is 1.17 bits per heavy atom. The van der Waals surface area contributed by atoms with E-state index in [1.165, 1.54) is 35.0 Å². The van der Waals surface area contributed by atoms with Gasteiger partial charge in [-0.3, -0.25) is 0 Å². The highest BCUT2D eigenvalue weighted by molar-refractivity contribution is 5.92. The van der Waals surface area contributed by atoms with E-state index in [1.807, 2.05) is 0 Å². The van der Waals surface area contributed by atoms with E-state index in [2.05, 4.69) is 55.6 Å². The number of fused-ring (bicyclic) bond motifs is 1. The minimum absolute atomic E-state index is 0. The fourth-order valence-electron chi connectivity index (χ4n) is 2.56. The highest BCUT2D eigenvalue weighted by atomic mass is 127. The average Bonchev–Trinajstić information content (AvgIpc) is 2.73. The van der Waals surface area contributed by atoms with Gasteiger partial charge >= 0.3 is 0 Å². The molecule has 0 saturated heterocycles. The minimum atomic E-state index is 0. The van der Waals surface area contributed by atoms with Crippen molar-refractivity contribution in [1.29, 1.82) is 0 Å². The van der Waals surface area contributed by atoms with Gasteiger partial charge in [-0.1, -0.05) is 18.2 Å². The molecule has 0 bridgehead atoms. The van der Waals surface area contributed by atoms with E-state index in [-0.39, 0.29) is 24.0 Å². The summed E-state index contributed by atoms with van der Waals surface area (Å²) in [5, 5.41) is 1.35. The molecule has 0 saturated carbocycles. The highest BCUT2D eigenvalue weighted by Crippen LogP contribution is 2.29. The summed E-state index contributed by atoms with van der Waals surface area (Å²) in [5.41, 5.74) is 4.13. The van der Waals surface area contributed by atoms with Gasteiger partial charge in [-0.15, -0.1) is 0 Å². The number of hydrogen-bond donors (Lipinski definition) is 1. The number of aromatic amines is 1. The fourth-order valence-corrected chi connectivity index (χ4v) is 2.56.